The van der Waals surface area contributed by atoms with Crippen LogP contribution in [0, 0.1) is 0 Å². The molecule has 3 heterocycles. The lowest BCUT2D eigenvalue weighted by Crippen LogP contribution is -2.48. The van der Waals surface area contributed by atoms with Crippen LogP contribution in [0.15, 0.2) is 24.3 Å². The number of anilines is 1. The van der Waals surface area contributed by atoms with Crippen molar-refractivity contribution in [3.8, 4) is 5.75 Å². The SMILES string of the molecule is CCc1nnc(NC(=O)CN2C(=O)N[C@@]3(CCOc4ccccc43)C2=O)s1. The number of carbonyl (C=O) groups is 3. The van der Waals surface area contributed by atoms with E-state index in [0.717, 1.165) is 9.91 Å². The molecule has 4 rings (SSSR count). The summed E-state index contributed by atoms with van der Waals surface area (Å²) in [4.78, 5) is 38.8. The Labute approximate surface area is 158 Å². The number of fused-ring (bicyclic) bond motifs is 2. The number of nitrogens with one attached hydrogen (secondary N) is 2. The number of rotatable bonds is 4. The summed E-state index contributed by atoms with van der Waals surface area (Å²) < 4.78 is 5.59. The molecule has 1 spiro atoms. The van der Waals surface area contributed by atoms with Crippen molar-refractivity contribution in [2.24, 2.45) is 0 Å². The first kappa shape index (κ1) is 17.4. The van der Waals surface area contributed by atoms with E-state index in [1.54, 1.807) is 24.3 Å². The van der Waals surface area contributed by atoms with Gasteiger partial charge in [-0.3, -0.25) is 19.8 Å². The number of carbonyl (C=O) groups excluding carboxylic acids is 3. The van der Waals surface area contributed by atoms with Crippen LogP contribution in [0.2, 0.25) is 0 Å². The van der Waals surface area contributed by atoms with Crippen molar-refractivity contribution >= 4 is 34.3 Å². The van der Waals surface area contributed by atoms with Crippen LogP contribution < -0.4 is 15.4 Å². The Morgan fingerprint density at radius 2 is 2.19 bits per heavy atom. The monoisotopic (exact) mass is 387 g/mol. The molecule has 2 aliphatic rings. The van der Waals surface area contributed by atoms with Crippen molar-refractivity contribution in [1.29, 1.82) is 0 Å². The molecule has 1 saturated heterocycles. The van der Waals surface area contributed by atoms with Gasteiger partial charge in [0, 0.05) is 12.0 Å². The number of imide groups is 1. The summed E-state index contributed by atoms with van der Waals surface area (Å²) in [7, 11) is 0. The number of benzene rings is 1. The minimum atomic E-state index is -1.19. The fourth-order valence-electron chi connectivity index (χ4n) is 3.26. The third-order valence-corrected chi connectivity index (χ3v) is 5.56. The van der Waals surface area contributed by atoms with E-state index < -0.39 is 29.9 Å². The summed E-state index contributed by atoms with van der Waals surface area (Å²) in [5, 5.41) is 14.3. The van der Waals surface area contributed by atoms with E-state index in [4.69, 9.17) is 4.74 Å². The molecule has 0 unspecified atom stereocenters. The number of amides is 4. The maximum atomic E-state index is 13.1. The Kier molecular flexibility index (Phi) is 4.27. The van der Waals surface area contributed by atoms with Gasteiger partial charge in [0.2, 0.25) is 11.0 Å². The van der Waals surface area contributed by atoms with Gasteiger partial charge in [-0.1, -0.05) is 36.5 Å². The number of urea groups is 1. The number of nitrogens with zero attached hydrogens (tertiary/aromatic N) is 3. The van der Waals surface area contributed by atoms with Crippen LogP contribution in [0.25, 0.3) is 0 Å². The molecule has 1 aromatic carbocycles. The molecule has 1 fully saturated rings. The molecule has 27 heavy (non-hydrogen) atoms. The predicted octanol–water partition coefficient (Wildman–Crippen LogP) is 1.27. The Morgan fingerprint density at radius 3 is 2.96 bits per heavy atom. The lowest BCUT2D eigenvalue weighted by Gasteiger charge is -2.33. The molecule has 0 radical (unpaired) electrons. The summed E-state index contributed by atoms with van der Waals surface area (Å²) in [5.74, 6) is -0.399. The molecule has 0 aliphatic carbocycles. The summed E-state index contributed by atoms with van der Waals surface area (Å²) in [6.07, 6.45) is 1.02. The third-order valence-electron chi connectivity index (χ3n) is 4.57. The largest absolute Gasteiger partial charge is 0.493 e. The summed E-state index contributed by atoms with van der Waals surface area (Å²) >= 11 is 1.26. The van der Waals surface area contributed by atoms with E-state index in [9.17, 15) is 14.4 Å². The Balaban J connectivity index is 1.53. The molecule has 2 N–H and O–H groups in total. The molecule has 9 nitrogen and oxygen atoms in total. The highest BCUT2D eigenvalue weighted by Crippen LogP contribution is 2.40. The van der Waals surface area contributed by atoms with Crippen molar-refractivity contribution < 1.29 is 19.1 Å². The van der Waals surface area contributed by atoms with E-state index in [1.165, 1.54) is 11.3 Å². The van der Waals surface area contributed by atoms with Crippen LogP contribution >= 0.6 is 11.3 Å². The maximum Gasteiger partial charge on any atom is 0.325 e. The van der Waals surface area contributed by atoms with E-state index in [0.29, 0.717) is 35.9 Å². The number of aryl methyl sites for hydroxylation is 1. The molecule has 2 aliphatic heterocycles. The third kappa shape index (κ3) is 2.91. The molecule has 140 valence electrons. The zero-order chi connectivity index (χ0) is 19.0. The number of hydrogen-bond acceptors (Lipinski definition) is 7. The van der Waals surface area contributed by atoms with Crippen molar-refractivity contribution in [3.05, 3.63) is 34.8 Å². The highest BCUT2D eigenvalue weighted by atomic mass is 32.1. The zero-order valence-electron chi connectivity index (χ0n) is 14.5. The summed E-state index contributed by atoms with van der Waals surface area (Å²) in [6.45, 7) is 1.84. The molecule has 0 bridgehead atoms. The van der Waals surface area contributed by atoms with Crippen LogP contribution in [-0.4, -0.2) is 46.1 Å². The standard InChI is InChI=1S/C17H17N5O4S/c1-2-13-20-21-15(27-13)18-12(23)9-22-14(24)17(19-16(22)25)7-8-26-11-6-4-3-5-10(11)17/h3-6H,2,7-9H2,1H3,(H,19,25)(H,18,21,23)/t17-/m1/s1. The second kappa shape index (κ2) is 6.62. The Hall–Kier alpha value is -3.01. The zero-order valence-corrected chi connectivity index (χ0v) is 15.3. The quantitative estimate of drug-likeness (QED) is 0.764. The van der Waals surface area contributed by atoms with Crippen molar-refractivity contribution in [2.75, 3.05) is 18.5 Å². The molecule has 1 aromatic heterocycles. The van der Waals surface area contributed by atoms with Crippen molar-refractivity contribution in [1.82, 2.24) is 20.4 Å². The van der Waals surface area contributed by atoms with E-state index >= 15 is 0 Å². The van der Waals surface area contributed by atoms with Gasteiger partial charge in [0.05, 0.1) is 6.61 Å². The van der Waals surface area contributed by atoms with Crippen molar-refractivity contribution in [3.63, 3.8) is 0 Å². The smallest absolute Gasteiger partial charge is 0.325 e. The van der Waals surface area contributed by atoms with Gasteiger partial charge in [-0.05, 0) is 12.5 Å². The van der Waals surface area contributed by atoms with Crippen LogP contribution in [0.3, 0.4) is 0 Å². The van der Waals surface area contributed by atoms with Crippen LogP contribution in [0.4, 0.5) is 9.93 Å². The van der Waals surface area contributed by atoms with Gasteiger partial charge in [0.25, 0.3) is 5.91 Å². The predicted molar refractivity (Wildman–Crippen MR) is 96.4 cm³/mol. The van der Waals surface area contributed by atoms with Gasteiger partial charge in [-0.15, -0.1) is 10.2 Å². The molecule has 0 saturated carbocycles. The average Bonchev–Trinajstić information content (AvgIpc) is 3.21. The van der Waals surface area contributed by atoms with Gasteiger partial charge in [0.1, 0.15) is 17.3 Å². The number of para-hydroxylation sites is 1. The molecule has 1 atom stereocenters. The first-order valence-corrected chi connectivity index (χ1v) is 9.34. The van der Waals surface area contributed by atoms with Crippen molar-refractivity contribution in [2.45, 2.75) is 25.3 Å². The van der Waals surface area contributed by atoms with Gasteiger partial charge >= 0.3 is 6.03 Å². The first-order valence-electron chi connectivity index (χ1n) is 8.52. The van der Waals surface area contributed by atoms with Crippen LogP contribution in [0.1, 0.15) is 23.9 Å². The molecular formula is C17H17N5O4S. The lowest BCUT2D eigenvalue weighted by molar-refractivity contribution is -0.135. The van der Waals surface area contributed by atoms with E-state index in [-0.39, 0.29) is 0 Å². The number of ether oxygens (including phenoxy) is 1. The normalized spacial score (nSPS) is 21.0. The second-order valence-corrected chi connectivity index (χ2v) is 7.29. The first-order chi connectivity index (χ1) is 13.0. The average molecular weight is 387 g/mol. The van der Waals surface area contributed by atoms with Crippen LogP contribution in [-0.2, 0) is 21.5 Å². The molecule has 4 amide bonds. The second-order valence-electron chi connectivity index (χ2n) is 6.22. The topological polar surface area (TPSA) is 114 Å². The van der Waals surface area contributed by atoms with Gasteiger partial charge in [-0.2, -0.15) is 0 Å². The van der Waals surface area contributed by atoms with E-state index in [1.807, 2.05) is 6.92 Å². The number of aromatic nitrogens is 2. The van der Waals surface area contributed by atoms with Gasteiger partial charge in [-0.25, -0.2) is 4.79 Å². The minimum Gasteiger partial charge on any atom is -0.493 e. The highest BCUT2D eigenvalue weighted by Gasteiger charge is 2.55. The number of hydrogen-bond donors (Lipinski definition) is 2. The van der Waals surface area contributed by atoms with Gasteiger partial charge < -0.3 is 10.1 Å². The van der Waals surface area contributed by atoms with E-state index in [2.05, 4.69) is 20.8 Å². The van der Waals surface area contributed by atoms with Gasteiger partial charge in [0.15, 0.2) is 5.54 Å². The highest BCUT2D eigenvalue weighted by molar-refractivity contribution is 7.15. The maximum absolute atomic E-state index is 13.1. The minimum absolute atomic E-state index is 0.299. The molecule has 2 aromatic rings. The Morgan fingerprint density at radius 1 is 1.37 bits per heavy atom. The fourth-order valence-corrected chi connectivity index (χ4v) is 3.96. The Bertz CT molecular complexity index is 930. The van der Waals surface area contributed by atoms with Crippen LogP contribution in [0.5, 0.6) is 5.75 Å². The summed E-state index contributed by atoms with van der Waals surface area (Å²) in [6, 6.07) is 6.50. The molecule has 10 heteroatoms. The lowest BCUT2D eigenvalue weighted by atomic mass is 9.84. The molecular weight excluding hydrogens is 370 g/mol. The summed E-state index contributed by atoms with van der Waals surface area (Å²) in [5.41, 5.74) is -0.584. The fraction of sp³-hybridized carbons (Fsp3) is 0.353.